The van der Waals surface area contributed by atoms with Crippen LogP contribution in [0.2, 0.25) is 0 Å². The number of nitrogens with zero attached hydrogens (tertiary/aromatic N) is 2. The first-order valence-corrected chi connectivity index (χ1v) is 10.2. The lowest BCUT2D eigenvalue weighted by molar-refractivity contribution is 0.0730. The first-order chi connectivity index (χ1) is 13.1. The van der Waals surface area contributed by atoms with E-state index in [1.165, 1.54) is 10.5 Å². The fourth-order valence-corrected chi connectivity index (χ4v) is 4.36. The van der Waals surface area contributed by atoms with Crippen molar-refractivity contribution in [3.63, 3.8) is 0 Å². The van der Waals surface area contributed by atoms with Crippen molar-refractivity contribution in [2.45, 2.75) is 11.3 Å². The highest BCUT2D eigenvalue weighted by Gasteiger charge is 2.26. The predicted molar refractivity (Wildman–Crippen MR) is 98.6 cm³/mol. The molecule has 0 bridgehead atoms. The van der Waals surface area contributed by atoms with E-state index in [4.69, 9.17) is 14.2 Å². The maximum Gasteiger partial charge on any atom is 0.244 e. The van der Waals surface area contributed by atoms with Crippen LogP contribution in [0, 0.1) is 0 Å². The maximum absolute atomic E-state index is 12.6. The highest BCUT2D eigenvalue weighted by Crippen LogP contribution is 2.32. The Morgan fingerprint density at radius 1 is 1.07 bits per heavy atom. The van der Waals surface area contributed by atoms with E-state index in [0.29, 0.717) is 38.7 Å². The Morgan fingerprint density at radius 3 is 2.67 bits per heavy atom. The molecule has 4 rings (SSSR count). The number of hydrogen-bond donors (Lipinski definition) is 1. The van der Waals surface area contributed by atoms with Crippen LogP contribution < -0.4 is 14.8 Å². The van der Waals surface area contributed by atoms with Crippen molar-refractivity contribution in [2.75, 3.05) is 45.0 Å². The van der Waals surface area contributed by atoms with Crippen molar-refractivity contribution < 1.29 is 22.6 Å². The van der Waals surface area contributed by atoms with Crippen LogP contribution in [0.5, 0.6) is 11.5 Å². The second kappa shape index (κ2) is 7.71. The van der Waals surface area contributed by atoms with Gasteiger partial charge in [0.15, 0.2) is 11.5 Å². The average molecular weight is 391 g/mol. The van der Waals surface area contributed by atoms with Crippen molar-refractivity contribution in [1.82, 2.24) is 9.29 Å². The standard InChI is InChI=1S/C18H21N3O5S/c22-27(23,21-7-9-24-10-8-21)15-2-4-18(20-12-15)19-6-5-14-1-3-16-17(11-14)26-13-25-16/h1-4,11-12H,5-10,13H2,(H,19,20). The van der Waals surface area contributed by atoms with Crippen molar-refractivity contribution >= 4 is 15.8 Å². The van der Waals surface area contributed by atoms with Gasteiger partial charge >= 0.3 is 0 Å². The summed E-state index contributed by atoms with van der Waals surface area (Å²) in [5.74, 6) is 2.17. The number of sulfonamides is 1. The topological polar surface area (TPSA) is 90.0 Å². The summed E-state index contributed by atoms with van der Waals surface area (Å²) in [7, 11) is -3.51. The van der Waals surface area contributed by atoms with E-state index in [9.17, 15) is 8.42 Å². The molecule has 2 aliphatic heterocycles. The first kappa shape index (κ1) is 18.0. The number of rotatable bonds is 6. The molecule has 1 fully saturated rings. The van der Waals surface area contributed by atoms with Crippen LogP contribution in [0.4, 0.5) is 5.82 Å². The molecule has 9 heteroatoms. The molecule has 0 saturated carbocycles. The maximum atomic E-state index is 12.6. The van der Waals surface area contributed by atoms with Gasteiger partial charge in [-0.2, -0.15) is 4.31 Å². The number of morpholine rings is 1. The van der Waals surface area contributed by atoms with Gasteiger partial charge in [0.2, 0.25) is 16.8 Å². The molecule has 2 aliphatic rings. The Labute approximate surface area is 158 Å². The molecule has 1 aromatic carbocycles. The molecule has 0 radical (unpaired) electrons. The van der Waals surface area contributed by atoms with Crippen LogP contribution in [0.1, 0.15) is 5.56 Å². The van der Waals surface area contributed by atoms with Crippen molar-refractivity contribution in [3.8, 4) is 11.5 Å². The second-order valence-corrected chi connectivity index (χ2v) is 8.20. The zero-order valence-corrected chi connectivity index (χ0v) is 15.6. The van der Waals surface area contributed by atoms with Crippen molar-refractivity contribution in [2.24, 2.45) is 0 Å². The van der Waals surface area contributed by atoms with Crippen LogP contribution in [0.3, 0.4) is 0 Å². The number of benzene rings is 1. The Hall–Kier alpha value is -2.36. The van der Waals surface area contributed by atoms with Gasteiger partial charge in [-0.25, -0.2) is 13.4 Å². The van der Waals surface area contributed by atoms with E-state index in [1.807, 2.05) is 18.2 Å². The van der Waals surface area contributed by atoms with Crippen LogP contribution in [0.25, 0.3) is 0 Å². The van der Waals surface area contributed by atoms with Crippen LogP contribution in [-0.4, -0.2) is 57.3 Å². The van der Waals surface area contributed by atoms with Gasteiger partial charge in [0, 0.05) is 25.8 Å². The van der Waals surface area contributed by atoms with Gasteiger partial charge in [-0.05, 0) is 36.2 Å². The summed E-state index contributed by atoms with van der Waals surface area (Å²) in [5.41, 5.74) is 1.12. The molecule has 0 spiro atoms. The number of aromatic nitrogens is 1. The molecular weight excluding hydrogens is 370 g/mol. The van der Waals surface area contributed by atoms with Crippen LogP contribution in [0.15, 0.2) is 41.4 Å². The summed E-state index contributed by atoms with van der Waals surface area (Å²) in [4.78, 5) is 4.44. The molecule has 0 amide bonds. The lowest BCUT2D eigenvalue weighted by atomic mass is 10.1. The monoisotopic (exact) mass is 391 g/mol. The largest absolute Gasteiger partial charge is 0.454 e. The zero-order valence-electron chi connectivity index (χ0n) is 14.8. The summed E-state index contributed by atoms with van der Waals surface area (Å²) < 4.78 is 42.5. The minimum Gasteiger partial charge on any atom is -0.454 e. The van der Waals surface area contributed by atoms with Gasteiger partial charge in [-0.3, -0.25) is 0 Å². The van der Waals surface area contributed by atoms with E-state index in [-0.39, 0.29) is 11.7 Å². The number of hydrogen-bond acceptors (Lipinski definition) is 7. The lowest BCUT2D eigenvalue weighted by Gasteiger charge is -2.25. The molecule has 2 aromatic rings. The van der Waals surface area contributed by atoms with Gasteiger partial charge in [0.05, 0.1) is 13.2 Å². The minimum absolute atomic E-state index is 0.200. The van der Waals surface area contributed by atoms with Crippen LogP contribution in [-0.2, 0) is 21.2 Å². The SMILES string of the molecule is O=S(=O)(c1ccc(NCCc2ccc3c(c2)OCO3)nc1)N1CCOCC1. The van der Waals surface area contributed by atoms with E-state index in [1.54, 1.807) is 12.1 Å². The molecule has 8 nitrogen and oxygen atoms in total. The molecule has 1 aromatic heterocycles. The summed E-state index contributed by atoms with van der Waals surface area (Å²) in [6.07, 6.45) is 2.18. The molecule has 3 heterocycles. The summed E-state index contributed by atoms with van der Waals surface area (Å²) in [5, 5.41) is 3.21. The second-order valence-electron chi connectivity index (χ2n) is 6.26. The Morgan fingerprint density at radius 2 is 1.89 bits per heavy atom. The van der Waals surface area contributed by atoms with Crippen molar-refractivity contribution in [3.05, 3.63) is 42.1 Å². The molecular formula is C18H21N3O5S. The number of anilines is 1. The predicted octanol–water partition coefficient (Wildman–Crippen LogP) is 1.49. The summed E-state index contributed by atoms with van der Waals surface area (Å²) >= 11 is 0. The number of nitrogens with one attached hydrogen (secondary N) is 1. The van der Waals surface area contributed by atoms with Gasteiger partial charge in [-0.15, -0.1) is 0 Å². The Balaban J connectivity index is 1.34. The molecule has 1 N–H and O–H groups in total. The lowest BCUT2D eigenvalue weighted by Crippen LogP contribution is -2.40. The van der Waals surface area contributed by atoms with Gasteiger partial charge < -0.3 is 19.5 Å². The quantitative estimate of drug-likeness (QED) is 0.798. The third-order valence-corrected chi connectivity index (χ3v) is 6.38. The number of ether oxygens (including phenoxy) is 3. The average Bonchev–Trinajstić information content (AvgIpc) is 3.17. The smallest absolute Gasteiger partial charge is 0.244 e. The molecule has 0 aliphatic carbocycles. The minimum atomic E-state index is -3.51. The molecule has 0 unspecified atom stereocenters. The van der Waals surface area contributed by atoms with Gasteiger partial charge in [-0.1, -0.05) is 6.07 Å². The summed E-state index contributed by atoms with van der Waals surface area (Å²) in [6.45, 7) is 2.52. The molecule has 1 saturated heterocycles. The Bertz CT molecular complexity index is 896. The van der Waals surface area contributed by atoms with Gasteiger partial charge in [0.1, 0.15) is 10.7 Å². The van der Waals surface area contributed by atoms with E-state index >= 15 is 0 Å². The molecule has 144 valence electrons. The van der Waals surface area contributed by atoms with E-state index < -0.39 is 10.0 Å². The summed E-state index contributed by atoms with van der Waals surface area (Å²) in [6, 6.07) is 9.14. The van der Waals surface area contributed by atoms with Gasteiger partial charge in [0.25, 0.3) is 0 Å². The van der Waals surface area contributed by atoms with Crippen molar-refractivity contribution in [1.29, 1.82) is 0 Å². The highest BCUT2D eigenvalue weighted by atomic mass is 32.2. The Kier molecular flexibility index (Phi) is 5.15. The van der Waals surface area contributed by atoms with E-state index in [0.717, 1.165) is 23.5 Å². The fraction of sp³-hybridized carbons (Fsp3) is 0.389. The fourth-order valence-electron chi connectivity index (χ4n) is 3.00. The number of pyridine rings is 1. The van der Waals surface area contributed by atoms with E-state index in [2.05, 4.69) is 10.3 Å². The number of fused-ring (bicyclic) bond motifs is 1. The normalized spacial score (nSPS) is 17.0. The first-order valence-electron chi connectivity index (χ1n) is 8.79. The molecule has 27 heavy (non-hydrogen) atoms. The third kappa shape index (κ3) is 4.00. The highest BCUT2D eigenvalue weighted by molar-refractivity contribution is 7.89. The zero-order chi connectivity index (χ0) is 18.7. The van der Waals surface area contributed by atoms with Crippen LogP contribution >= 0.6 is 0 Å². The third-order valence-electron chi connectivity index (χ3n) is 4.50. The molecule has 0 atom stereocenters.